The zero-order valence-corrected chi connectivity index (χ0v) is 30.6. The second-order valence-corrected chi connectivity index (χ2v) is 14.5. The van der Waals surface area contributed by atoms with Crippen LogP contribution in [-0.4, -0.2) is 0 Å². The maximum atomic E-state index is 6.53. The van der Waals surface area contributed by atoms with Gasteiger partial charge in [0, 0.05) is 33.2 Å². The van der Waals surface area contributed by atoms with Gasteiger partial charge in [0.2, 0.25) is 0 Å². The minimum absolute atomic E-state index is 0.911. The molecule has 0 aliphatic carbocycles. The summed E-state index contributed by atoms with van der Waals surface area (Å²) in [5.74, 6) is 0. The van der Waals surface area contributed by atoms with Crippen LogP contribution in [0.15, 0.2) is 217 Å². The standard InChI is InChI=1S/C54H35NO/c1-2-12-36(13-3-1)40-16-10-17-44(34-40)55(43-31-26-38(27-32-43)51-35-41-14-4-5-18-45(41)47-19-6-7-20-48(47)51)42-29-24-37(25-30-42)46-22-11-15-39-28-33-50-49-21-8-9-23-52(49)56-54(50)53(39)46/h1-35H. The van der Waals surface area contributed by atoms with Crippen LogP contribution in [0.1, 0.15) is 0 Å². The molecule has 0 aliphatic heterocycles. The van der Waals surface area contributed by atoms with Crippen LogP contribution in [0.25, 0.3) is 87.6 Å². The van der Waals surface area contributed by atoms with Gasteiger partial charge < -0.3 is 9.32 Å². The number of rotatable bonds is 6. The average Bonchev–Trinajstić information content (AvgIpc) is 3.66. The number of furan rings is 1. The third-order valence-electron chi connectivity index (χ3n) is 11.2. The summed E-state index contributed by atoms with van der Waals surface area (Å²) in [5, 5.41) is 9.64. The van der Waals surface area contributed by atoms with E-state index in [0.717, 1.165) is 60.9 Å². The van der Waals surface area contributed by atoms with E-state index in [1.54, 1.807) is 0 Å². The van der Waals surface area contributed by atoms with Gasteiger partial charge in [-0.25, -0.2) is 0 Å². The lowest BCUT2D eigenvalue weighted by molar-refractivity contribution is 0.673. The summed E-state index contributed by atoms with van der Waals surface area (Å²) in [6, 6.07) is 76.4. The number of para-hydroxylation sites is 1. The van der Waals surface area contributed by atoms with Crippen molar-refractivity contribution in [2.24, 2.45) is 0 Å². The fraction of sp³-hybridized carbons (Fsp3) is 0. The molecule has 1 heterocycles. The van der Waals surface area contributed by atoms with Gasteiger partial charge in [-0.3, -0.25) is 0 Å². The maximum absolute atomic E-state index is 6.53. The summed E-state index contributed by atoms with van der Waals surface area (Å²) in [5.41, 5.74) is 12.2. The minimum atomic E-state index is 0.911. The van der Waals surface area contributed by atoms with Crippen LogP contribution in [0, 0.1) is 0 Å². The molecule has 0 unspecified atom stereocenters. The Hall–Kier alpha value is -7.42. The molecule has 0 fully saturated rings. The van der Waals surface area contributed by atoms with Gasteiger partial charge in [0.15, 0.2) is 0 Å². The Labute approximate surface area is 325 Å². The van der Waals surface area contributed by atoms with E-state index in [1.807, 2.05) is 6.07 Å². The highest BCUT2D eigenvalue weighted by atomic mass is 16.3. The zero-order chi connectivity index (χ0) is 37.0. The summed E-state index contributed by atoms with van der Waals surface area (Å²) in [7, 11) is 0. The van der Waals surface area contributed by atoms with E-state index < -0.39 is 0 Å². The number of nitrogens with zero attached hydrogens (tertiary/aromatic N) is 1. The second-order valence-electron chi connectivity index (χ2n) is 14.5. The Balaban J connectivity index is 1.04. The lowest BCUT2D eigenvalue weighted by atomic mass is 9.93. The highest BCUT2D eigenvalue weighted by Gasteiger charge is 2.17. The molecule has 11 rings (SSSR count). The zero-order valence-electron chi connectivity index (χ0n) is 30.6. The van der Waals surface area contributed by atoms with Crippen molar-refractivity contribution >= 4 is 71.3 Å². The summed E-state index contributed by atoms with van der Waals surface area (Å²) >= 11 is 0. The molecule has 0 N–H and O–H groups in total. The molecule has 262 valence electrons. The van der Waals surface area contributed by atoms with Crippen LogP contribution < -0.4 is 4.90 Å². The molecule has 0 saturated carbocycles. The molecule has 0 amide bonds. The predicted molar refractivity (Wildman–Crippen MR) is 237 cm³/mol. The first-order chi connectivity index (χ1) is 27.8. The monoisotopic (exact) mass is 713 g/mol. The summed E-state index contributed by atoms with van der Waals surface area (Å²) in [6.45, 7) is 0. The molecular formula is C54H35NO. The van der Waals surface area contributed by atoms with Crippen LogP contribution in [0.3, 0.4) is 0 Å². The highest BCUT2D eigenvalue weighted by molar-refractivity contribution is 6.19. The normalized spacial score (nSPS) is 11.6. The van der Waals surface area contributed by atoms with Crippen molar-refractivity contribution in [1.82, 2.24) is 0 Å². The van der Waals surface area contributed by atoms with Gasteiger partial charge in [0.25, 0.3) is 0 Å². The Morgan fingerprint density at radius 3 is 1.70 bits per heavy atom. The van der Waals surface area contributed by atoms with E-state index >= 15 is 0 Å². The van der Waals surface area contributed by atoms with Crippen LogP contribution in [0.2, 0.25) is 0 Å². The van der Waals surface area contributed by atoms with E-state index in [0.29, 0.717) is 0 Å². The van der Waals surface area contributed by atoms with Gasteiger partial charge in [0.1, 0.15) is 11.2 Å². The number of hydrogen-bond donors (Lipinski definition) is 0. The Morgan fingerprint density at radius 2 is 0.911 bits per heavy atom. The fourth-order valence-corrected chi connectivity index (χ4v) is 8.57. The highest BCUT2D eigenvalue weighted by Crippen LogP contribution is 2.42. The molecular weight excluding hydrogens is 679 g/mol. The predicted octanol–water partition coefficient (Wildman–Crippen LogP) is 15.5. The van der Waals surface area contributed by atoms with E-state index in [9.17, 15) is 0 Å². The molecule has 2 nitrogen and oxygen atoms in total. The molecule has 1 aromatic heterocycles. The molecule has 0 aliphatic rings. The van der Waals surface area contributed by atoms with Gasteiger partial charge in [-0.1, -0.05) is 158 Å². The lowest BCUT2D eigenvalue weighted by Gasteiger charge is -2.26. The van der Waals surface area contributed by atoms with Gasteiger partial charge in [-0.05, 0) is 115 Å². The van der Waals surface area contributed by atoms with E-state index in [1.165, 1.54) is 43.8 Å². The summed E-state index contributed by atoms with van der Waals surface area (Å²) in [6.07, 6.45) is 0. The molecule has 0 bridgehead atoms. The molecule has 10 aromatic carbocycles. The van der Waals surface area contributed by atoms with Crippen LogP contribution in [0.5, 0.6) is 0 Å². The van der Waals surface area contributed by atoms with Gasteiger partial charge in [0.05, 0.1) is 0 Å². The van der Waals surface area contributed by atoms with Crippen LogP contribution in [-0.2, 0) is 0 Å². The SMILES string of the molecule is c1ccc(-c2cccc(N(c3ccc(-c4cc5ccccc5c5ccccc45)cc3)c3ccc(-c4cccc5ccc6c7ccccc7oc6c45)cc3)c2)cc1. The van der Waals surface area contributed by atoms with E-state index in [4.69, 9.17) is 4.42 Å². The minimum Gasteiger partial charge on any atom is -0.455 e. The molecule has 56 heavy (non-hydrogen) atoms. The molecule has 11 aromatic rings. The molecule has 2 heteroatoms. The number of benzene rings is 10. The largest absolute Gasteiger partial charge is 0.455 e. The first-order valence-corrected chi connectivity index (χ1v) is 19.2. The van der Waals surface area contributed by atoms with Crippen molar-refractivity contribution in [2.75, 3.05) is 4.90 Å². The van der Waals surface area contributed by atoms with Crippen LogP contribution >= 0.6 is 0 Å². The summed E-state index contributed by atoms with van der Waals surface area (Å²) in [4.78, 5) is 2.36. The number of hydrogen-bond acceptors (Lipinski definition) is 2. The van der Waals surface area contributed by atoms with Crippen LogP contribution in [0.4, 0.5) is 17.1 Å². The van der Waals surface area contributed by atoms with E-state index in [-0.39, 0.29) is 0 Å². The number of fused-ring (bicyclic) bond motifs is 8. The quantitative estimate of drug-likeness (QED) is 0.160. The third kappa shape index (κ3) is 5.34. The topological polar surface area (TPSA) is 16.4 Å². The first-order valence-electron chi connectivity index (χ1n) is 19.2. The van der Waals surface area contributed by atoms with Crippen molar-refractivity contribution in [3.8, 4) is 33.4 Å². The molecule has 0 radical (unpaired) electrons. The third-order valence-corrected chi connectivity index (χ3v) is 11.2. The first kappa shape index (κ1) is 32.0. The lowest BCUT2D eigenvalue weighted by Crippen LogP contribution is -2.10. The van der Waals surface area contributed by atoms with Crippen molar-refractivity contribution in [3.63, 3.8) is 0 Å². The van der Waals surface area contributed by atoms with Gasteiger partial charge in [-0.2, -0.15) is 0 Å². The smallest absolute Gasteiger partial charge is 0.143 e. The Bertz CT molecular complexity index is 3230. The second kappa shape index (κ2) is 13.2. The van der Waals surface area contributed by atoms with Crippen molar-refractivity contribution in [1.29, 1.82) is 0 Å². The molecule has 0 spiro atoms. The van der Waals surface area contributed by atoms with Gasteiger partial charge >= 0.3 is 0 Å². The van der Waals surface area contributed by atoms with Gasteiger partial charge in [-0.15, -0.1) is 0 Å². The number of anilines is 3. The van der Waals surface area contributed by atoms with E-state index in [2.05, 4.69) is 211 Å². The molecule has 0 atom stereocenters. The Kier molecular flexibility index (Phi) is 7.53. The maximum Gasteiger partial charge on any atom is 0.143 e. The fourth-order valence-electron chi connectivity index (χ4n) is 8.57. The van der Waals surface area contributed by atoms with Crippen molar-refractivity contribution in [3.05, 3.63) is 212 Å². The van der Waals surface area contributed by atoms with Crippen molar-refractivity contribution < 1.29 is 4.42 Å². The van der Waals surface area contributed by atoms with Crippen molar-refractivity contribution in [2.45, 2.75) is 0 Å². The average molecular weight is 714 g/mol. The molecule has 0 saturated heterocycles. The Morgan fingerprint density at radius 1 is 0.304 bits per heavy atom. The summed E-state index contributed by atoms with van der Waals surface area (Å²) < 4.78 is 6.53.